The molecule has 1 aromatic rings. The third-order valence-electron chi connectivity index (χ3n) is 2.23. The lowest BCUT2D eigenvalue weighted by Gasteiger charge is -2.05. The number of aryl methyl sites for hydroxylation is 1. The lowest BCUT2D eigenvalue weighted by molar-refractivity contribution is 0.0696. The van der Waals surface area contributed by atoms with Gasteiger partial charge in [0.05, 0.1) is 17.2 Å². The molecule has 0 saturated carbocycles. The van der Waals surface area contributed by atoms with Gasteiger partial charge in [-0.05, 0) is 36.6 Å². The number of nitrogens with zero attached hydrogens (tertiary/aromatic N) is 1. The van der Waals surface area contributed by atoms with Gasteiger partial charge < -0.3 is 5.11 Å². The molecule has 1 N–H and O–H groups in total. The third kappa shape index (κ3) is 1.74. The van der Waals surface area contributed by atoms with E-state index in [0.29, 0.717) is 11.1 Å². The van der Waals surface area contributed by atoms with Gasteiger partial charge in [0.15, 0.2) is 0 Å². The Morgan fingerprint density at radius 3 is 2.64 bits per heavy atom. The Balaban J connectivity index is 3.44. The predicted molar refractivity (Wildman–Crippen MR) is 52.2 cm³/mol. The molecule has 1 aromatic carbocycles. The summed E-state index contributed by atoms with van der Waals surface area (Å²) in [6, 6.07) is 5.36. The molecule has 0 heterocycles. The van der Waals surface area contributed by atoms with Crippen LogP contribution in [-0.4, -0.2) is 11.1 Å². The van der Waals surface area contributed by atoms with Crippen LogP contribution in [0.15, 0.2) is 12.1 Å². The minimum Gasteiger partial charge on any atom is -0.478 e. The fourth-order valence-electron chi connectivity index (χ4n) is 1.32. The SMILES string of the molecule is CCc1cc(C#N)c(C)c(C(=O)O)c1. The summed E-state index contributed by atoms with van der Waals surface area (Å²) in [4.78, 5) is 10.8. The summed E-state index contributed by atoms with van der Waals surface area (Å²) in [6.45, 7) is 3.58. The van der Waals surface area contributed by atoms with Gasteiger partial charge in [0.2, 0.25) is 0 Å². The molecular weight excluding hydrogens is 178 g/mol. The second-order valence-electron chi connectivity index (χ2n) is 3.09. The van der Waals surface area contributed by atoms with Crippen LogP contribution in [0.25, 0.3) is 0 Å². The topological polar surface area (TPSA) is 61.1 Å². The van der Waals surface area contributed by atoms with E-state index in [1.54, 1.807) is 19.1 Å². The van der Waals surface area contributed by atoms with Crippen molar-refractivity contribution < 1.29 is 9.90 Å². The van der Waals surface area contributed by atoms with E-state index in [0.717, 1.165) is 12.0 Å². The Morgan fingerprint density at radius 1 is 1.57 bits per heavy atom. The highest BCUT2D eigenvalue weighted by Crippen LogP contribution is 2.16. The van der Waals surface area contributed by atoms with Crippen molar-refractivity contribution in [2.45, 2.75) is 20.3 Å². The van der Waals surface area contributed by atoms with E-state index >= 15 is 0 Å². The average Bonchev–Trinajstić information content (AvgIpc) is 2.17. The zero-order valence-corrected chi connectivity index (χ0v) is 8.16. The minimum absolute atomic E-state index is 0.223. The van der Waals surface area contributed by atoms with E-state index in [4.69, 9.17) is 10.4 Å². The first-order valence-electron chi connectivity index (χ1n) is 4.37. The zero-order valence-electron chi connectivity index (χ0n) is 8.16. The van der Waals surface area contributed by atoms with E-state index in [1.807, 2.05) is 13.0 Å². The van der Waals surface area contributed by atoms with Crippen LogP contribution in [0.3, 0.4) is 0 Å². The van der Waals surface area contributed by atoms with Crippen molar-refractivity contribution in [3.05, 3.63) is 34.4 Å². The molecule has 0 atom stereocenters. The molecule has 0 fully saturated rings. The summed E-state index contributed by atoms with van der Waals surface area (Å²) in [5.74, 6) is -0.978. The van der Waals surface area contributed by atoms with E-state index in [9.17, 15) is 4.79 Å². The summed E-state index contributed by atoms with van der Waals surface area (Å²) in [5, 5.41) is 17.7. The van der Waals surface area contributed by atoms with Gasteiger partial charge in [-0.15, -0.1) is 0 Å². The summed E-state index contributed by atoms with van der Waals surface area (Å²) < 4.78 is 0. The first-order chi connectivity index (χ1) is 6.60. The highest BCUT2D eigenvalue weighted by Gasteiger charge is 2.11. The van der Waals surface area contributed by atoms with Crippen molar-refractivity contribution in [3.63, 3.8) is 0 Å². The molecule has 3 heteroatoms. The molecule has 0 radical (unpaired) electrons. The van der Waals surface area contributed by atoms with E-state index < -0.39 is 5.97 Å². The molecule has 3 nitrogen and oxygen atoms in total. The second-order valence-corrected chi connectivity index (χ2v) is 3.09. The van der Waals surface area contributed by atoms with Crippen molar-refractivity contribution in [1.82, 2.24) is 0 Å². The number of hydrogen-bond acceptors (Lipinski definition) is 2. The van der Waals surface area contributed by atoms with Crippen LogP contribution in [-0.2, 0) is 6.42 Å². The fraction of sp³-hybridized carbons (Fsp3) is 0.273. The largest absolute Gasteiger partial charge is 0.478 e. The van der Waals surface area contributed by atoms with Crippen LogP contribution in [0.1, 0.15) is 34.0 Å². The van der Waals surface area contributed by atoms with Crippen LogP contribution in [0.4, 0.5) is 0 Å². The van der Waals surface area contributed by atoms with Gasteiger partial charge in [0.1, 0.15) is 0 Å². The maximum absolute atomic E-state index is 10.8. The summed E-state index contributed by atoms with van der Waals surface area (Å²) in [7, 11) is 0. The van der Waals surface area contributed by atoms with Crippen LogP contribution in [0, 0.1) is 18.3 Å². The standard InChI is InChI=1S/C11H11NO2/c1-3-8-4-9(6-12)7(2)10(5-8)11(13)14/h4-5H,3H2,1-2H3,(H,13,14). The molecule has 0 aliphatic heterocycles. The molecule has 0 saturated heterocycles. The monoisotopic (exact) mass is 189 g/mol. The zero-order chi connectivity index (χ0) is 10.7. The molecule has 0 bridgehead atoms. The fourth-order valence-corrected chi connectivity index (χ4v) is 1.32. The number of rotatable bonds is 2. The lowest BCUT2D eigenvalue weighted by Crippen LogP contribution is -2.03. The van der Waals surface area contributed by atoms with Crippen molar-refractivity contribution in [3.8, 4) is 6.07 Å². The maximum atomic E-state index is 10.8. The third-order valence-corrected chi connectivity index (χ3v) is 2.23. The number of carboxylic acid groups (broad SMARTS) is 1. The van der Waals surface area contributed by atoms with E-state index in [-0.39, 0.29) is 5.56 Å². The van der Waals surface area contributed by atoms with Gasteiger partial charge in [-0.1, -0.05) is 6.92 Å². The second kappa shape index (κ2) is 3.93. The minimum atomic E-state index is -0.978. The molecule has 14 heavy (non-hydrogen) atoms. The first kappa shape index (κ1) is 10.3. The van der Waals surface area contributed by atoms with Gasteiger partial charge in [0.25, 0.3) is 0 Å². The molecule has 0 aliphatic rings. The Bertz CT molecular complexity index is 416. The quantitative estimate of drug-likeness (QED) is 0.775. The van der Waals surface area contributed by atoms with E-state index in [2.05, 4.69) is 0 Å². The first-order valence-corrected chi connectivity index (χ1v) is 4.37. The number of hydrogen-bond donors (Lipinski definition) is 1. The Labute approximate surface area is 82.6 Å². The lowest BCUT2D eigenvalue weighted by atomic mass is 9.98. The van der Waals surface area contributed by atoms with Crippen LogP contribution in [0.2, 0.25) is 0 Å². The molecule has 0 amide bonds. The van der Waals surface area contributed by atoms with Gasteiger partial charge in [-0.2, -0.15) is 5.26 Å². The Morgan fingerprint density at radius 2 is 2.21 bits per heavy atom. The molecule has 72 valence electrons. The maximum Gasteiger partial charge on any atom is 0.336 e. The predicted octanol–water partition coefficient (Wildman–Crippen LogP) is 2.13. The highest BCUT2D eigenvalue weighted by molar-refractivity contribution is 5.90. The molecular formula is C11H11NO2. The molecule has 0 aromatic heterocycles. The molecule has 0 aliphatic carbocycles. The van der Waals surface area contributed by atoms with Gasteiger partial charge in [-0.25, -0.2) is 4.79 Å². The number of carbonyl (C=O) groups is 1. The average molecular weight is 189 g/mol. The molecule has 1 rings (SSSR count). The van der Waals surface area contributed by atoms with Crippen LogP contribution in [0.5, 0.6) is 0 Å². The summed E-state index contributed by atoms with van der Waals surface area (Å²) in [5.41, 5.74) is 2.09. The van der Waals surface area contributed by atoms with Crippen molar-refractivity contribution in [2.75, 3.05) is 0 Å². The van der Waals surface area contributed by atoms with Gasteiger partial charge >= 0.3 is 5.97 Å². The smallest absolute Gasteiger partial charge is 0.336 e. The van der Waals surface area contributed by atoms with E-state index in [1.165, 1.54) is 0 Å². The van der Waals surface area contributed by atoms with Crippen molar-refractivity contribution in [1.29, 1.82) is 5.26 Å². The normalized spacial score (nSPS) is 9.50. The summed E-state index contributed by atoms with van der Waals surface area (Å²) in [6.07, 6.45) is 0.731. The number of aromatic carboxylic acids is 1. The van der Waals surface area contributed by atoms with Crippen LogP contribution >= 0.6 is 0 Å². The van der Waals surface area contributed by atoms with Crippen LogP contribution < -0.4 is 0 Å². The van der Waals surface area contributed by atoms with Crippen molar-refractivity contribution in [2.24, 2.45) is 0 Å². The molecule has 0 spiro atoms. The van der Waals surface area contributed by atoms with Gasteiger partial charge in [0, 0.05) is 0 Å². The Hall–Kier alpha value is -1.82. The van der Waals surface area contributed by atoms with Gasteiger partial charge in [-0.3, -0.25) is 0 Å². The summed E-state index contributed by atoms with van der Waals surface area (Å²) >= 11 is 0. The number of carboxylic acids is 1. The number of benzene rings is 1. The van der Waals surface area contributed by atoms with Crippen molar-refractivity contribution >= 4 is 5.97 Å². The number of nitriles is 1. The molecule has 0 unspecified atom stereocenters. The highest BCUT2D eigenvalue weighted by atomic mass is 16.4. The Kier molecular flexibility index (Phi) is 2.88.